The molecule has 0 atom stereocenters. The minimum Gasteiger partial charge on any atom is -0.412 e. The van der Waals surface area contributed by atoms with E-state index in [1.807, 2.05) is 41.5 Å². The first-order valence-corrected chi connectivity index (χ1v) is 28.1. The molecule has 0 saturated carbocycles. The summed E-state index contributed by atoms with van der Waals surface area (Å²) in [6, 6.07) is 64.1. The van der Waals surface area contributed by atoms with Crippen molar-refractivity contribution in [1.82, 2.24) is 9.97 Å². The van der Waals surface area contributed by atoms with Crippen LogP contribution in [0.1, 0.15) is 75.3 Å². The van der Waals surface area contributed by atoms with Gasteiger partial charge in [-0.1, -0.05) is 203 Å². The second-order valence-corrected chi connectivity index (χ2v) is 25.9. The normalized spacial score (nSPS) is 12.3. The van der Waals surface area contributed by atoms with Gasteiger partial charge >= 0.3 is 0 Å². The van der Waals surface area contributed by atoms with Gasteiger partial charge in [0.15, 0.2) is 8.32 Å². The molecule has 0 saturated heterocycles. The molecule has 2 heterocycles. The van der Waals surface area contributed by atoms with E-state index in [2.05, 4.69) is 225 Å². The van der Waals surface area contributed by atoms with E-state index in [4.69, 9.17) is 4.43 Å². The van der Waals surface area contributed by atoms with Crippen LogP contribution in [0.15, 0.2) is 204 Å². The molecule has 0 aliphatic heterocycles. The van der Waals surface area contributed by atoms with Crippen molar-refractivity contribution in [1.29, 1.82) is 0 Å². The van der Waals surface area contributed by atoms with Gasteiger partial charge in [0.1, 0.15) is 0 Å². The van der Waals surface area contributed by atoms with Crippen LogP contribution in [0.2, 0.25) is 18.1 Å². The highest BCUT2D eigenvalue weighted by atomic mass is 32.2. The van der Waals surface area contributed by atoms with E-state index >= 15 is 0 Å². The molecule has 0 spiro atoms. The van der Waals surface area contributed by atoms with Gasteiger partial charge < -0.3 is 9.53 Å². The number of aliphatic hydroxyl groups is 1. The van der Waals surface area contributed by atoms with Gasteiger partial charge in [-0.15, -0.1) is 46.2 Å². The van der Waals surface area contributed by atoms with Crippen LogP contribution in [-0.2, 0) is 27.1 Å². The van der Waals surface area contributed by atoms with Gasteiger partial charge in [-0.2, -0.15) is 0 Å². The van der Waals surface area contributed by atoms with Crippen LogP contribution >= 0.6 is 46.2 Å². The lowest BCUT2D eigenvalue weighted by atomic mass is 9.84. The highest BCUT2D eigenvalue weighted by molar-refractivity contribution is 8.03. The zero-order valence-corrected chi connectivity index (χ0v) is 41.8. The molecule has 330 valence electrons. The van der Waals surface area contributed by atoms with Crippen molar-refractivity contribution in [3.63, 3.8) is 0 Å². The molecule has 4 nitrogen and oxygen atoms in total. The average Bonchev–Trinajstić information content (AvgIpc) is 4.02. The van der Waals surface area contributed by atoms with E-state index in [1.54, 1.807) is 28.6 Å². The Morgan fingerprint density at radius 2 is 0.785 bits per heavy atom. The molecule has 9 heteroatoms. The van der Waals surface area contributed by atoms with Crippen LogP contribution in [0.5, 0.6) is 0 Å². The summed E-state index contributed by atoms with van der Waals surface area (Å²) >= 11 is 6.71. The first-order valence-electron chi connectivity index (χ1n) is 21.7. The summed E-state index contributed by atoms with van der Waals surface area (Å²) in [7, 11) is -1.83. The number of benzene rings is 6. The number of hydrogen-bond donors (Lipinski definition) is 1. The topological polar surface area (TPSA) is 55.2 Å². The highest BCUT2D eigenvalue weighted by Gasteiger charge is 2.39. The Morgan fingerprint density at radius 3 is 1.08 bits per heavy atom. The summed E-state index contributed by atoms with van der Waals surface area (Å²) in [5.41, 5.74) is 12.9. The van der Waals surface area contributed by atoms with Crippen LogP contribution in [-0.4, -0.2) is 23.4 Å². The molecule has 0 amide bonds. The Balaban J connectivity index is 0.000000198. The molecule has 6 aromatic carbocycles. The number of rotatable bonds is 16. The van der Waals surface area contributed by atoms with E-state index < -0.39 is 13.1 Å². The van der Waals surface area contributed by atoms with Gasteiger partial charge in [0.25, 0.3) is 0 Å². The largest absolute Gasteiger partial charge is 0.412 e. The monoisotopic (exact) mass is 944 g/mol. The van der Waals surface area contributed by atoms with Gasteiger partial charge in [-0.25, -0.2) is 9.97 Å². The fourth-order valence-corrected chi connectivity index (χ4v) is 12.1. The van der Waals surface area contributed by atoms with Crippen molar-refractivity contribution >= 4 is 66.7 Å². The Hall–Kier alpha value is -5.10. The van der Waals surface area contributed by atoms with Crippen molar-refractivity contribution in [3.05, 3.63) is 258 Å². The molecule has 8 rings (SSSR count). The quantitative estimate of drug-likeness (QED) is 0.0769. The molecule has 0 aliphatic rings. The summed E-state index contributed by atoms with van der Waals surface area (Å²) < 4.78 is 5.73. The van der Waals surface area contributed by atoms with Crippen LogP contribution in [0.25, 0.3) is 12.2 Å². The lowest BCUT2D eigenvalue weighted by Crippen LogP contribution is -2.40. The van der Waals surface area contributed by atoms with Crippen molar-refractivity contribution in [2.75, 3.05) is 0 Å². The lowest BCUT2D eigenvalue weighted by Gasteiger charge is -2.36. The maximum atomic E-state index is 9.53. The van der Waals surface area contributed by atoms with Crippen molar-refractivity contribution in [3.8, 4) is 0 Å². The summed E-state index contributed by atoms with van der Waals surface area (Å²) in [5.74, 6) is 0. The molecule has 0 bridgehead atoms. The van der Waals surface area contributed by atoms with E-state index in [9.17, 15) is 5.11 Å². The number of hydrogen-bond acceptors (Lipinski definition) is 8. The molecule has 2 aromatic heterocycles. The van der Waals surface area contributed by atoms with E-state index in [0.717, 1.165) is 16.3 Å². The number of thioether (sulfide) groups is 2. The fraction of sp³-hybridized carbons (Fsp3) is 0.179. The summed E-state index contributed by atoms with van der Waals surface area (Å²) in [5, 5.41) is 14.0. The minimum absolute atomic E-state index is 0.0101. The summed E-state index contributed by atoms with van der Waals surface area (Å²) in [6.07, 6.45) is 4.14. The van der Waals surface area contributed by atoms with Crippen LogP contribution in [0.4, 0.5) is 0 Å². The highest BCUT2D eigenvalue weighted by Crippen LogP contribution is 2.50. The molecule has 1 N–H and O–H groups in total. The third-order valence-electron chi connectivity index (χ3n) is 11.9. The Kier molecular flexibility index (Phi) is 16.5. The summed E-state index contributed by atoms with van der Waals surface area (Å²) in [6.45, 7) is 12.1. The maximum Gasteiger partial charge on any atom is 0.192 e. The molecule has 0 radical (unpaired) electrons. The van der Waals surface area contributed by atoms with Gasteiger partial charge in [-0.05, 0) is 74.5 Å². The Labute approximate surface area is 403 Å². The third-order valence-corrected chi connectivity index (χ3v) is 20.7. The molecule has 65 heavy (non-hydrogen) atoms. The van der Waals surface area contributed by atoms with Gasteiger partial charge in [-0.3, -0.25) is 0 Å². The summed E-state index contributed by atoms with van der Waals surface area (Å²) in [4.78, 5) is 11.1. The van der Waals surface area contributed by atoms with Crippen LogP contribution in [0, 0.1) is 0 Å². The van der Waals surface area contributed by atoms with Crippen LogP contribution < -0.4 is 0 Å². The third kappa shape index (κ3) is 11.3. The molecular weight excluding hydrogens is 889 g/mol. The molecule has 8 aromatic rings. The average molecular weight is 945 g/mol. The maximum absolute atomic E-state index is 9.53. The van der Waals surface area contributed by atoms with Gasteiger partial charge in [0, 0.05) is 0 Å². The Bertz CT molecular complexity index is 2510. The predicted octanol–water partition coefficient (Wildman–Crippen LogP) is 15.7. The second kappa shape index (κ2) is 22.4. The Morgan fingerprint density at radius 1 is 0.492 bits per heavy atom. The first-order chi connectivity index (χ1) is 31.6. The van der Waals surface area contributed by atoms with E-state index in [-0.39, 0.29) is 16.4 Å². The predicted molar refractivity (Wildman–Crippen MR) is 284 cm³/mol. The lowest BCUT2D eigenvalue weighted by molar-refractivity contribution is 0.279. The van der Waals surface area contributed by atoms with Crippen molar-refractivity contribution in [2.45, 2.75) is 61.6 Å². The molecule has 0 fully saturated rings. The zero-order chi connectivity index (χ0) is 45.6. The number of aliphatic hydroxyl groups excluding tert-OH is 1. The minimum atomic E-state index is -1.83. The smallest absolute Gasteiger partial charge is 0.192 e. The molecule has 0 unspecified atom stereocenters. The van der Waals surface area contributed by atoms with Gasteiger partial charge in [0.05, 0.1) is 54.9 Å². The number of aromatic nitrogens is 2. The van der Waals surface area contributed by atoms with Crippen LogP contribution in [0.3, 0.4) is 0 Å². The second-order valence-electron chi connectivity index (χ2n) is 16.9. The van der Waals surface area contributed by atoms with E-state index in [0.29, 0.717) is 6.61 Å². The van der Waals surface area contributed by atoms with Crippen molar-refractivity contribution in [2.24, 2.45) is 0 Å². The zero-order valence-electron chi connectivity index (χ0n) is 37.6. The van der Waals surface area contributed by atoms with E-state index in [1.165, 1.54) is 49.6 Å². The standard InChI is InChI=1S/C31H35NOS2Si.C25H21NOS2/c1-30(2,3)36(4,5)33-23-29-28(32-24-34-29)21-22-35-31(25-15-9-6-10-16-25,26-17-11-7-12-18-26)27-19-13-8-14-20-27;27-18-24-23(26-19-28-24)16-17-29-25(20-10-4-1-5-11-20,21-12-6-2-7-13-21)22-14-8-3-9-15-22/h6-22,24H,23H2,1-5H3;1-17,19,27H,18H2/b22-21-;17-16-. The van der Waals surface area contributed by atoms with Crippen molar-refractivity contribution < 1.29 is 9.53 Å². The fourth-order valence-electron chi connectivity index (χ4n) is 7.37. The SMILES string of the molecule is CC(C)(C)[Si](C)(C)OCc1scnc1/C=C\SC(c1ccccc1)(c1ccccc1)c1ccccc1.OCc1scnc1/C=C\SC(c1ccccc1)(c1ccccc1)c1ccccc1. The molecular formula is C56H56N2O2S4Si. The molecule has 0 aliphatic carbocycles. The van der Waals surface area contributed by atoms with Gasteiger partial charge in [0.2, 0.25) is 0 Å². The number of nitrogens with zero attached hydrogens (tertiary/aromatic N) is 2. The number of thiazole rings is 2. The first kappa shape index (κ1) is 47.8.